The first-order valence-corrected chi connectivity index (χ1v) is 11.9. The van der Waals surface area contributed by atoms with E-state index in [-0.39, 0.29) is 11.8 Å². The molecule has 4 aromatic rings. The maximum Gasteiger partial charge on any atom is 0.259 e. The minimum atomic E-state index is -0.702. The molecule has 0 saturated heterocycles. The number of nitrogens with one attached hydrogen (secondary N) is 1. The fourth-order valence-corrected chi connectivity index (χ4v) is 4.80. The summed E-state index contributed by atoms with van der Waals surface area (Å²) in [7, 11) is 3.20. The molecule has 0 aliphatic carbocycles. The summed E-state index contributed by atoms with van der Waals surface area (Å²) >= 11 is 0. The zero-order valence-corrected chi connectivity index (χ0v) is 20.8. The van der Waals surface area contributed by atoms with Crippen molar-refractivity contribution in [3.8, 4) is 11.5 Å². The Balaban J connectivity index is 1.68. The van der Waals surface area contributed by atoms with Crippen LogP contribution in [0.15, 0.2) is 91.0 Å². The Hall–Kier alpha value is -4.65. The second kappa shape index (κ2) is 10.1. The average molecular weight is 494 g/mol. The maximum atomic E-state index is 14.0. The van der Waals surface area contributed by atoms with Gasteiger partial charge in [-0.05, 0) is 72.6 Å². The molecule has 2 atom stereocenters. The highest BCUT2D eigenvalue weighted by atomic mass is 16.5. The number of aryl methyl sites for hydroxylation is 1. The quantitative estimate of drug-likeness (QED) is 0.382. The number of rotatable bonds is 6. The zero-order valence-electron chi connectivity index (χ0n) is 20.8. The van der Waals surface area contributed by atoms with Crippen LogP contribution >= 0.6 is 0 Å². The van der Waals surface area contributed by atoms with Crippen LogP contribution in [-0.4, -0.2) is 31.0 Å². The first-order valence-electron chi connectivity index (χ1n) is 11.9. The fraction of sp³-hybridized carbons (Fsp3) is 0.167. The van der Waals surface area contributed by atoms with Gasteiger partial charge in [-0.3, -0.25) is 14.5 Å². The van der Waals surface area contributed by atoms with Crippen LogP contribution in [0.3, 0.4) is 0 Å². The molecular weight excluding hydrogens is 466 g/mol. The van der Waals surface area contributed by atoms with Crippen LogP contribution in [0.25, 0.3) is 0 Å². The van der Waals surface area contributed by atoms with E-state index in [9.17, 15) is 9.59 Å². The largest absolute Gasteiger partial charge is 0.497 e. The smallest absolute Gasteiger partial charge is 0.259 e. The third-order valence-electron chi connectivity index (χ3n) is 6.57. The Morgan fingerprint density at radius 2 is 1.49 bits per heavy atom. The van der Waals surface area contributed by atoms with E-state index < -0.39 is 12.0 Å². The van der Waals surface area contributed by atoms with Crippen molar-refractivity contribution < 1.29 is 19.1 Å². The van der Waals surface area contributed by atoms with E-state index in [1.807, 2.05) is 73.7 Å². The first kappa shape index (κ1) is 24.1. The lowest BCUT2D eigenvalue weighted by molar-refractivity contribution is -0.118. The molecule has 7 nitrogen and oxygen atoms in total. The molecule has 2 heterocycles. The van der Waals surface area contributed by atoms with E-state index in [1.165, 1.54) is 0 Å². The number of carbonyl (C=O) groups is 2. The first-order chi connectivity index (χ1) is 18.0. The van der Waals surface area contributed by atoms with Gasteiger partial charge in [0.05, 0.1) is 26.2 Å². The molecule has 0 bridgehead atoms. The Morgan fingerprint density at radius 3 is 2.14 bits per heavy atom. The molecule has 2 amide bonds. The predicted molar refractivity (Wildman–Crippen MR) is 142 cm³/mol. The second-order valence-electron chi connectivity index (χ2n) is 8.81. The van der Waals surface area contributed by atoms with Gasteiger partial charge in [-0.2, -0.15) is 0 Å². The number of nitrogens with zero attached hydrogens (tertiary/aromatic N) is 2. The number of amides is 2. The summed E-state index contributed by atoms with van der Waals surface area (Å²) in [4.78, 5) is 34.1. The lowest BCUT2D eigenvalue weighted by Gasteiger charge is -2.41. The van der Waals surface area contributed by atoms with Crippen molar-refractivity contribution in [3.05, 3.63) is 113 Å². The van der Waals surface area contributed by atoms with Crippen molar-refractivity contribution in [2.45, 2.75) is 18.9 Å². The predicted octanol–water partition coefficient (Wildman–Crippen LogP) is 5.53. The molecule has 0 radical (unpaired) electrons. The summed E-state index contributed by atoms with van der Waals surface area (Å²) in [5.74, 6) is 0.689. The van der Waals surface area contributed by atoms with Crippen LogP contribution in [0.1, 0.15) is 39.1 Å². The minimum absolute atomic E-state index is 0.181. The molecule has 1 aliphatic rings. The van der Waals surface area contributed by atoms with E-state index in [0.29, 0.717) is 34.1 Å². The van der Waals surface area contributed by atoms with Crippen LogP contribution in [-0.2, 0) is 4.79 Å². The van der Waals surface area contributed by atoms with Crippen molar-refractivity contribution in [2.75, 3.05) is 24.4 Å². The number of pyridine rings is 1. The lowest BCUT2D eigenvalue weighted by Crippen LogP contribution is -2.46. The highest BCUT2D eigenvalue weighted by Crippen LogP contribution is 2.46. The zero-order chi connectivity index (χ0) is 25.9. The second-order valence-corrected chi connectivity index (χ2v) is 8.81. The molecule has 3 aromatic carbocycles. The summed E-state index contributed by atoms with van der Waals surface area (Å²) in [6.45, 7) is 1.87. The molecule has 0 spiro atoms. The number of methoxy groups -OCH3 is 2. The SMILES string of the molecule is COc1ccc([C@H]2[C@H](C(=O)Nc3cccc(C)n3)c3ccccc3C(=O)N2c2ccc(OC)cc2)cc1. The van der Waals surface area contributed by atoms with Crippen molar-refractivity contribution >= 4 is 23.3 Å². The third-order valence-corrected chi connectivity index (χ3v) is 6.57. The molecule has 7 heteroatoms. The summed E-state index contributed by atoms with van der Waals surface area (Å²) in [6, 6.07) is 26.9. The van der Waals surface area contributed by atoms with E-state index in [0.717, 1.165) is 11.3 Å². The number of aromatic nitrogens is 1. The number of carbonyl (C=O) groups excluding carboxylic acids is 2. The van der Waals surface area contributed by atoms with E-state index in [1.54, 1.807) is 43.4 Å². The minimum Gasteiger partial charge on any atom is -0.497 e. The molecule has 0 saturated carbocycles. The van der Waals surface area contributed by atoms with Gasteiger partial charge in [0.2, 0.25) is 5.91 Å². The molecular formula is C30H27N3O4. The maximum absolute atomic E-state index is 14.0. The third kappa shape index (κ3) is 4.63. The molecule has 1 aromatic heterocycles. The summed E-state index contributed by atoms with van der Waals surface area (Å²) in [5.41, 5.74) is 3.41. The monoisotopic (exact) mass is 493 g/mol. The molecule has 37 heavy (non-hydrogen) atoms. The van der Waals surface area contributed by atoms with E-state index in [4.69, 9.17) is 9.47 Å². The average Bonchev–Trinajstić information content (AvgIpc) is 2.93. The van der Waals surface area contributed by atoms with Gasteiger partial charge in [0.25, 0.3) is 5.91 Å². The Labute approximate surface area is 215 Å². The lowest BCUT2D eigenvalue weighted by atomic mass is 9.78. The van der Waals surface area contributed by atoms with Crippen LogP contribution in [0.4, 0.5) is 11.5 Å². The van der Waals surface area contributed by atoms with Gasteiger partial charge in [-0.15, -0.1) is 0 Å². The molecule has 1 N–H and O–H groups in total. The van der Waals surface area contributed by atoms with Crippen LogP contribution < -0.4 is 19.7 Å². The molecule has 186 valence electrons. The topological polar surface area (TPSA) is 80.8 Å². The Bertz CT molecular complexity index is 1430. The van der Waals surface area contributed by atoms with Gasteiger partial charge in [0.15, 0.2) is 0 Å². The van der Waals surface area contributed by atoms with Gasteiger partial charge < -0.3 is 14.8 Å². The van der Waals surface area contributed by atoms with Gasteiger partial charge in [-0.1, -0.05) is 36.4 Å². The van der Waals surface area contributed by atoms with E-state index in [2.05, 4.69) is 10.3 Å². The summed E-state index contributed by atoms with van der Waals surface area (Å²) in [5, 5.41) is 2.99. The van der Waals surface area contributed by atoms with Crippen molar-refractivity contribution in [1.82, 2.24) is 4.98 Å². The fourth-order valence-electron chi connectivity index (χ4n) is 4.80. The molecule has 0 unspecified atom stereocenters. The van der Waals surface area contributed by atoms with Crippen molar-refractivity contribution in [3.63, 3.8) is 0 Å². The van der Waals surface area contributed by atoms with Crippen molar-refractivity contribution in [1.29, 1.82) is 0 Å². The number of ether oxygens (including phenoxy) is 2. The summed E-state index contributed by atoms with van der Waals surface area (Å²) < 4.78 is 10.7. The number of hydrogen-bond acceptors (Lipinski definition) is 5. The Kier molecular flexibility index (Phi) is 6.60. The standard InChI is InChI=1S/C30H27N3O4/c1-19-7-6-10-26(31-19)32-29(34)27-24-8-4-5-9-25(24)30(35)33(21-13-17-23(37-3)18-14-21)28(27)20-11-15-22(36-2)16-12-20/h4-18,27-28H,1-3H3,(H,31,32,34)/t27-,28+/m1/s1. The normalized spacial score (nSPS) is 16.6. The molecule has 0 fully saturated rings. The van der Waals surface area contributed by atoms with Crippen LogP contribution in [0.5, 0.6) is 11.5 Å². The van der Waals surface area contributed by atoms with Gasteiger partial charge in [-0.25, -0.2) is 4.98 Å². The number of fused-ring (bicyclic) bond motifs is 1. The van der Waals surface area contributed by atoms with Gasteiger partial charge in [0, 0.05) is 16.9 Å². The highest BCUT2D eigenvalue weighted by Gasteiger charge is 2.45. The number of benzene rings is 3. The van der Waals surface area contributed by atoms with E-state index >= 15 is 0 Å². The van der Waals surface area contributed by atoms with Crippen LogP contribution in [0, 0.1) is 6.92 Å². The van der Waals surface area contributed by atoms with Gasteiger partial charge in [0.1, 0.15) is 17.3 Å². The molecule has 1 aliphatic heterocycles. The number of anilines is 2. The van der Waals surface area contributed by atoms with Crippen molar-refractivity contribution in [2.24, 2.45) is 0 Å². The highest BCUT2D eigenvalue weighted by molar-refractivity contribution is 6.12. The van der Waals surface area contributed by atoms with Gasteiger partial charge >= 0.3 is 0 Å². The number of hydrogen-bond donors (Lipinski definition) is 1. The summed E-state index contributed by atoms with van der Waals surface area (Å²) in [6.07, 6.45) is 0. The van der Waals surface area contributed by atoms with Crippen LogP contribution in [0.2, 0.25) is 0 Å². The Morgan fingerprint density at radius 1 is 0.838 bits per heavy atom. The molecule has 5 rings (SSSR count).